The summed E-state index contributed by atoms with van der Waals surface area (Å²) in [6.45, 7) is 3.40. The van der Waals surface area contributed by atoms with Gasteiger partial charge >= 0.3 is 12.0 Å². The highest BCUT2D eigenvalue weighted by atomic mass is 19.2. The van der Waals surface area contributed by atoms with Crippen LogP contribution in [0.3, 0.4) is 0 Å². The number of methoxy groups -OCH3 is 1. The Bertz CT molecular complexity index is 820. The standard InChI is InChI=1S/C18H20F2N2O4/c1-10(12-5-6-15(19)16(20)7-12)21-18(24)22(3)9-13-8-14(11(2)26-13)17(23)25-4/h5-8,10H,9H2,1-4H3,(H,21,24). The van der Waals surface area contributed by atoms with Crippen molar-refractivity contribution in [3.63, 3.8) is 0 Å². The molecule has 0 bridgehead atoms. The van der Waals surface area contributed by atoms with Gasteiger partial charge in [0.2, 0.25) is 0 Å². The molecule has 1 aromatic heterocycles. The van der Waals surface area contributed by atoms with Gasteiger partial charge in [-0.1, -0.05) is 6.07 Å². The third kappa shape index (κ3) is 4.38. The van der Waals surface area contributed by atoms with Gasteiger partial charge in [-0.15, -0.1) is 0 Å². The number of nitrogens with one attached hydrogen (secondary N) is 1. The summed E-state index contributed by atoms with van der Waals surface area (Å²) in [7, 11) is 2.82. The number of amides is 2. The van der Waals surface area contributed by atoms with Crippen LogP contribution in [-0.2, 0) is 11.3 Å². The van der Waals surface area contributed by atoms with Crippen molar-refractivity contribution >= 4 is 12.0 Å². The molecule has 2 aromatic rings. The van der Waals surface area contributed by atoms with Gasteiger partial charge in [0.15, 0.2) is 11.6 Å². The van der Waals surface area contributed by atoms with Gasteiger partial charge in [-0.2, -0.15) is 0 Å². The van der Waals surface area contributed by atoms with Crippen molar-refractivity contribution in [3.05, 3.63) is 58.5 Å². The lowest BCUT2D eigenvalue weighted by molar-refractivity contribution is 0.0598. The summed E-state index contributed by atoms with van der Waals surface area (Å²) in [6.07, 6.45) is 0. The second-order valence-electron chi connectivity index (χ2n) is 5.87. The molecule has 2 amide bonds. The molecule has 140 valence electrons. The number of hydrogen-bond acceptors (Lipinski definition) is 4. The molecule has 1 N–H and O–H groups in total. The Labute approximate surface area is 149 Å². The van der Waals surface area contributed by atoms with Gasteiger partial charge in [0.25, 0.3) is 0 Å². The third-order valence-corrected chi connectivity index (χ3v) is 3.90. The Hall–Kier alpha value is -2.90. The Morgan fingerprint density at radius 2 is 1.96 bits per heavy atom. The number of urea groups is 1. The van der Waals surface area contributed by atoms with Crippen molar-refractivity contribution in [2.75, 3.05) is 14.2 Å². The van der Waals surface area contributed by atoms with Crippen LogP contribution in [-0.4, -0.2) is 31.1 Å². The van der Waals surface area contributed by atoms with E-state index in [4.69, 9.17) is 4.42 Å². The number of carbonyl (C=O) groups is 2. The van der Waals surface area contributed by atoms with Gasteiger partial charge in [0, 0.05) is 7.05 Å². The fourth-order valence-corrected chi connectivity index (χ4v) is 2.40. The average Bonchev–Trinajstić information content (AvgIpc) is 2.96. The highest BCUT2D eigenvalue weighted by molar-refractivity contribution is 5.90. The average molecular weight is 366 g/mol. The number of benzene rings is 1. The van der Waals surface area contributed by atoms with E-state index in [9.17, 15) is 18.4 Å². The van der Waals surface area contributed by atoms with Crippen LogP contribution in [0.2, 0.25) is 0 Å². The molecule has 1 heterocycles. The van der Waals surface area contributed by atoms with Crippen molar-refractivity contribution in [3.8, 4) is 0 Å². The maximum absolute atomic E-state index is 13.3. The minimum Gasteiger partial charge on any atom is -0.465 e. The molecule has 0 aliphatic rings. The molecule has 0 saturated carbocycles. The number of aryl methyl sites for hydroxylation is 1. The van der Waals surface area contributed by atoms with Crippen LogP contribution >= 0.6 is 0 Å². The molecular weight excluding hydrogens is 346 g/mol. The molecule has 1 unspecified atom stereocenters. The highest BCUT2D eigenvalue weighted by Gasteiger charge is 2.19. The summed E-state index contributed by atoms with van der Waals surface area (Å²) in [5.41, 5.74) is 0.735. The molecule has 0 aliphatic heterocycles. The first kappa shape index (κ1) is 19.4. The molecule has 0 spiro atoms. The molecule has 26 heavy (non-hydrogen) atoms. The zero-order valence-corrected chi connectivity index (χ0v) is 14.9. The van der Waals surface area contributed by atoms with Crippen LogP contribution < -0.4 is 5.32 Å². The molecule has 6 nitrogen and oxygen atoms in total. The van der Waals surface area contributed by atoms with Crippen LogP contribution in [0.15, 0.2) is 28.7 Å². The van der Waals surface area contributed by atoms with Gasteiger partial charge < -0.3 is 19.4 Å². The summed E-state index contributed by atoms with van der Waals surface area (Å²) >= 11 is 0. The number of hydrogen-bond donors (Lipinski definition) is 1. The van der Waals surface area contributed by atoms with Crippen molar-refractivity contribution in [1.29, 1.82) is 0 Å². The first-order chi connectivity index (χ1) is 12.2. The van der Waals surface area contributed by atoms with E-state index in [0.29, 0.717) is 22.6 Å². The van der Waals surface area contributed by atoms with Gasteiger partial charge in [0.1, 0.15) is 17.1 Å². The Morgan fingerprint density at radius 3 is 2.58 bits per heavy atom. The smallest absolute Gasteiger partial charge is 0.341 e. The van der Waals surface area contributed by atoms with E-state index in [-0.39, 0.29) is 6.54 Å². The fourth-order valence-electron chi connectivity index (χ4n) is 2.40. The van der Waals surface area contributed by atoms with Crippen LogP contribution in [0.4, 0.5) is 13.6 Å². The molecular formula is C18H20F2N2O4. The fraction of sp³-hybridized carbons (Fsp3) is 0.333. The predicted octanol–water partition coefficient (Wildman–Crippen LogP) is 3.56. The quantitative estimate of drug-likeness (QED) is 0.822. The minimum atomic E-state index is -0.974. The number of nitrogens with zero attached hydrogens (tertiary/aromatic N) is 1. The minimum absolute atomic E-state index is 0.119. The number of halogens is 2. The maximum Gasteiger partial charge on any atom is 0.341 e. The second-order valence-corrected chi connectivity index (χ2v) is 5.87. The number of carbonyl (C=O) groups excluding carboxylic acids is 2. The molecule has 0 aliphatic carbocycles. The Balaban J connectivity index is 2.01. The van der Waals surface area contributed by atoms with Crippen LogP contribution in [0.1, 0.15) is 40.4 Å². The SMILES string of the molecule is COC(=O)c1cc(CN(C)C(=O)NC(C)c2ccc(F)c(F)c2)oc1C. The summed E-state index contributed by atoms with van der Waals surface area (Å²) in [6, 6.07) is 4.02. The number of esters is 1. The first-order valence-corrected chi connectivity index (χ1v) is 7.87. The highest BCUT2D eigenvalue weighted by Crippen LogP contribution is 2.18. The Morgan fingerprint density at radius 1 is 1.27 bits per heavy atom. The van der Waals surface area contributed by atoms with Crippen LogP contribution in [0.5, 0.6) is 0 Å². The lowest BCUT2D eigenvalue weighted by Gasteiger charge is -2.21. The zero-order valence-electron chi connectivity index (χ0n) is 14.9. The van der Waals surface area contributed by atoms with E-state index in [1.807, 2.05) is 0 Å². The normalized spacial score (nSPS) is 11.8. The van der Waals surface area contributed by atoms with Gasteiger partial charge in [-0.25, -0.2) is 18.4 Å². The number of ether oxygens (including phenoxy) is 1. The van der Waals surface area contributed by atoms with E-state index < -0.39 is 29.7 Å². The van der Waals surface area contributed by atoms with Gasteiger partial charge in [-0.3, -0.25) is 0 Å². The zero-order chi connectivity index (χ0) is 19.4. The molecule has 0 fully saturated rings. The van der Waals surface area contributed by atoms with E-state index >= 15 is 0 Å². The van der Waals surface area contributed by atoms with E-state index in [2.05, 4.69) is 10.1 Å². The van der Waals surface area contributed by atoms with Gasteiger partial charge in [0.05, 0.1) is 19.7 Å². The van der Waals surface area contributed by atoms with Crippen molar-refractivity contribution in [1.82, 2.24) is 10.2 Å². The molecule has 8 heteroatoms. The second kappa shape index (κ2) is 7.99. The molecule has 1 aromatic carbocycles. The Kier molecular flexibility index (Phi) is 5.97. The van der Waals surface area contributed by atoms with Crippen molar-refractivity contribution < 1.29 is 27.5 Å². The molecule has 2 rings (SSSR count). The summed E-state index contributed by atoms with van der Waals surface area (Å²) in [4.78, 5) is 25.2. The number of rotatable bonds is 5. The first-order valence-electron chi connectivity index (χ1n) is 7.87. The largest absolute Gasteiger partial charge is 0.465 e. The monoisotopic (exact) mass is 366 g/mol. The van der Waals surface area contributed by atoms with E-state index in [1.54, 1.807) is 20.9 Å². The molecule has 0 radical (unpaired) electrons. The predicted molar refractivity (Wildman–Crippen MR) is 89.6 cm³/mol. The number of furan rings is 1. The topological polar surface area (TPSA) is 71.8 Å². The van der Waals surface area contributed by atoms with E-state index in [0.717, 1.165) is 12.1 Å². The van der Waals surface area contributed by atoms with Crippen LogP contribution in [0, 0.1) is 18.6 Å². The van der Waals surface area contributed by atoms with Gasteiger partial charge in [-0.05, 0) is 37.6 Å². The molecule has 0 saturated heterocycles. The summed E-state index contributed by atoms with van der Waals surface area (Å²) in [5.74, 6) is -1.62. The lowest BCUT2D eigenvalue weighted by atomic mass is 10.1. The summed E-state index contributed by atoms with van der Waals surface area (Å²) < 4.78 is 36.4. The third-order valence-electron chi connectivity index (χ3n) is 3.90. The van der Waals surface area contributed by atoms with E-state index in [1.165, 1.54) is 24.1 Å². The summed E-state index contributed by atoms with van der Waals surface area (Å²) in [5, 5.41) is 2.68. The van der Waals surface area contributed by atoms with Crippen LogP contribution in [0.25, 0.3) is 0 Å². The van der Waals surface area contributed by atoms with Crippen molar-refractivity contribution in [2.24, 2.45) is 0 Å². The molecule has 1 atom stereocenters. The van der Waals surface area contributed by atoms with Crippen molar-refractivity contribution in [2.45, 2.75) is 26.4 Å². The maximum atomic E-state index is 13.3. The lowest BCUT2D eigenvalue weighted by Crippen LogP contribution is -2.38.